The van der Waals surface area contributed by atoms with Crippen molar-refractivity contribution < 1.29 is 14.7 Å². The Balaban J connectivity index is 1.86. The van der Waals surface area contributed by atoms with Crippen LogP contribution in [0.25, 0.3) is 10.9 Å². The van der Waals surface area contributed by atoms with Crippen LogP contribution in [0.1, 0.15) is 22.5 Å². The fourth-order valence-corrected chi connectivity index (χ4v) is 5.51. The molecule has 5 nitrogen and oxygen atoms in total. The second-order valence-electron chi connectivity index (χ2n) is 9.35. The lowest BCUT2D eigenvalue weighted by atomic mass is 9.65. The highest BCUT2D eigenvalue weighted by Crippen LogP contribution is 2.50. The van der Waals surface area contributed by atoms with Crippen molar-refractivity contribution in [2.24, 2.45) is 5.92 Å². The number of rotatable bonds is 0. The molecule has 3 aliphatic rings. The van der Waals surface area contributed by atoms with Crippen LogP contribution in [-0.2, 0) is 16.6 Å². The van der Waals surface area contributed by atoms with Gasteiger partial charge in [-0.25, -0.2) is 0 Å². The molecular formula is C23H24N2O3Si. The summed E-state index contributed by atoms with van der Waals surface area (Å²) < 4.78 is 1.70. The largest absolute Gasteiger partial charge is 0.387 e. The standard InChI is InChI=1S/C23H24N2O3Si/c1-29(2,3)11-9-14-12-23-13-17(19(14)26)21(27)25-18-7-5-4-6-15(18)16(20(23)25)8-10-24-22(23)28/h4-7,12,17,19,26H,8,10,13H2,1-3H3,(H,24,28)/t17?,19-,23-/m1/s1. The van der Waals surface area contributed by atoms with E-state index in [1.807, 2.05) is 30.3 Å². The normalized spacial score (nSPS) is 28.1. The van der Waals surface area contributed by atoms with Crippen molar-refractivity contribution in [1.82, 2.24) is 9.88 Å². The molecule has 5 rings (SSSR count). The molecule has 0 saturated carbocycles. The summed E-state index contributed by atoms with van der Waals surface area (Å²) in [6.45, 7) is 6.93. The van der Waals surface area contributed by atoms with E-state index in [0.717, 1.165) is 22.2 Å². The van der Waals surface area contributed by atoms with Gasteiger partial charge in [-0.05, 0) is 30.5 Å². The highest BCUT2D eigenvalue weighted by Gasteiger charge is 2.56. The molecule has 148 valence electrons. The molecule has 3 heterocycles. The Morgan fingerprint density at radius 3 is 2.76 bits per heavy atom. The van der Waals surface area contributed by atoms with Crippen LogP contribution in [0, 0.1) is 17.4 Å². The van der Waals surface area contributed by atoms with Gasteiger partial charge >= 0.3 is 0 Å². The summed E-state index contributed by atoms with van der Waals surface area (Å²) in [5, 5.41) is 15.1. The number of aromatic nitrogens is 1. The average Bonchev–Trinajstić information content (AvgIpc) is 2.94. The van der Waals surface area contributed by atoms with Gasteiger partial charge in [-0.3, -0.25) is 14.2 Å². The highest BCUT2D eigenvalue weighted by molar-refractivity contribution is 6.83. The number of aliphatic hydroxyl groups is 1. The zero-order valence-electron chi connectivity index (χ0n) is 16.9. The molecule has 3 atom stereocenters. The maximum atomic E-state index is 13.5. The third-order valence-electron chi connectivity index (χ3n) is 6.23. The summed E-state index contributed by atoms with van der Waals surface area (Å²) in [5.41, 5.74) is 5.48. The van der Waals surface area contributed by atoms with E-state index >= 15 is 0 Å². The summed E-state index contributed by atoms with van der Waals surface area (Å²) in [6.07, 6.45) is 1.84. The first-order valence-electron chi connectivity index (χ1n) is 10.1. The van der Waals surface area contributed by atoms with Gasteiger partial charge in [0.25, 0.3) is 0 Å². The van der Waals surface area contributed by atoms with Gasteiger partial charge in [0, 0.05) is 23.2 Å². The minimum atomic E-state index is -1.68. The quantitative estimate of drug-likeness (QED) is 0.523. The highest BCUT2D eigenvalue weighted by atomic mass is 28.3. The van der Waals surface area contributed by atoms with Crippen molar-refractivity contribution in [3.63, 3.8) is 0 Å². The molecule has 1 spiro atoms. The number of para-hydroxylation sites is 1. The Kier molecular flexibility index (Phi) is 3.77. The first kappa shape index (κ1) is 18.4. The maximum Gasteiger partial charge on any atom is 0.237 e. The Morgan fingerprint density at radius 2 is 2.00 bits per heavy atom. The third-order valence-corrected chi connectivity index (χ3v) is 7.11. The van der Waals surface area contributed by atoms with Crippen LogP contribution in [-0.4, -0.2) is 42.2 Å². The molecular weight excluding hydrogens is 380 g/mol. The SMILES string of the molecule is C[Si](C)(C)C#CC1=C[C@@]23CC(C(=O)n4c2c(c2ccccc24)CCNC3=O)[C@@H]1O. The second kappa shape index (κ2) is 5.94. The first-order valence-corrected chi connectivity index (χ1v) is 13.6. The molecule has 6 heteroatoms. The Hall–Kier alpha value is -2.62. The lowest BCUT2D eigenvalue weighted by Crippen LogP contribution is -2.55. The van der Waals surface area contributed by atoms with Gasteiger partial charge in [-0.1, -0.05) is 43.8 Å². The molecule has 0 fully saturated rings. The van der Waals surface area contributed by atoms with Crippen molar-refractivity contribution in [2.45, 2.75) is 44.0 Å². The van der Waals surface area contributed by atoms with Gasteiger partial charge in [-0.2, -0.15) is 0 Å². The molecule has 29 heavy (non-hydrogen) atoms. The van der Waals surface area contributed by atoms with Crippen molar-refractivity contribution >= 4 is 30.8 Å². The zero-order valence-corrected chi connectivity index (χ0v) is 17.9. The van der Waals surface area contributed by atoms with Gasteiger partial charge in [0.15, 0.2) is 0 Å². The van der Waals surface area contributed by atoms with E-state index in [2.05, 4.69) is 36.4 Å². The summed E-state index contributed by atoms with van der Waals surface area (Å²) >= 11 is 0. The van der Waals surface area contributed by atoms with Crippen LogP contribution in [0.15, 0.2) is 35.9 Å². The van der Waals surface area contributed by atoms with E-state index in [-0.39, 0.29) is 11.8 Å². The van der Waals surface area contributed by atoms with Gasteiger partial charge in [0.1, 0.15) is 13.5 Å². The van der Waals surface area contributed by atoms with Crippen molar-refractivity contribution in [3.8, 4) is 11.5 Å². The third kappa shape index (κ3) is 2.51. The first-order chi connectivity index (χ1) is 13.7. The molecule has 1 unspecified atom stereocenters. The molecule has 2 aromatic rings. The molecule has 1 aromatic heterocycles. The number of nitrogens with one attached hydrogen (secondary N) is 1. The number of nitrogens with zero attached hydrogens (tertiary/aromatic N) is 1. The minimum Gasteiger partial charge on any atom is -0.387 e. The summed E-state index contributed by atoms with van der Waals surface area (Å²) in [4.78, 5) is 26.9. The average molecular weight is 405 g/mol. The molecule has 1 aliphatic carbocycles. The number of carbonyl (C=O) groups is 2. The van der Waals surface area contributed by atoms with Gasteiger partial charge in [0.05, 0.1) is 17.5 Å². The summed E-state index contributed by atoms with van der Waals surface area (Å²) in [7, 11) is -1.68. The molecule has 2 bridgehead atoms. The van der Waals surface area contributed by atoms with Gasteiger partial charge in [-0.15, -0.1) is 5.54 Å². The Bertz CT molecular complexity index is 1170. The topological polar surface area (TPSA) is 71.3 Å². The van der Waals surface area contributed by atoms with Crippen LogP contribution in [0.5, 0.6) is 0 Å². The molecule has 1 aromatic carbocycles. The van der Waals surface area contributed by atoms with E-state index in [1.54, 1.807) is 4.57 Å². The van der Waals surface area contributed by atoms with E-state index in [0.29, 0.717) is 25.0 Å². The smallest absolute Gasteiger partial charge is 0.237 e. The number of hydrogen-bond acceptors (Lipinski definition) is 3. The van der Waals surface area contributed by atoms with E-state index in [1.165, 1.54) is 0 Å². The number of fused-ring (bicyclic) bond motifs is 4. The Morgan fingerprint density at radius 1 is 1.24 bits per heavy atom. The number of carbonyl (C=O) groups excluding carboxylic acids is 2. The molecule has 0 radical (unpaired) electrons. The predicted molar refractivity (Wildman–Crippen MR) is 114 cm³/mol. The number of hydrogen-bond donors (Lipinski definition) is 2. The summed E-state index contributed by atoms with van der Waals surface area (Å²) in [5.74, 6) is 2.24. The van der Waals surface area contributed by atoms with Gasteiger partial charge < -0.3 is 10.4 Å². The van der Waals surface area contributed by atoms with Crippen LogP contribution in [0.2, 0.25) is 19.6 Å². The summed E-state index contributed by atoms with van der Waals surface area (Å²) in [6, 6.07) is 7.82. The van der Waals surface area contributed by atoms with E-state index in [4.69, 9.17) is 0 Å². The van der Waals surface area contributed by atoms with Crippen LogP contribution in [0.3, 0.4) is 0 Å². The van der Waals surface area contributed by atoms with E-state index < -0.39 is 25.5 Å². The number of aliphatic hydroxyl groups excluding tert-OH is 1. The van der Waals surface area contributed by atoms with Crippen molar-refractivity contribution in [2.75, 3.05) is 6.54 Å². The molecule has 1 amide bonds. The lowest BCUT2D eigenvalue weighted by Gasteiger charge is -2.43. The Labute approximate surface area is 170 Å². The fourth-order valence-electron chi connectivity index (χ4n) is 4.99. The maximum absolute atomic E-state index is 13.5. The number of amides is 1. The molecule has 2 N–H and O–H groups in total. The second-order valence-corrected chi connectivity index (χ2v) is 14.1. The van der Waals surface area contributed by atoms with Crippen LogP contribution < -0.4 is 5.32 Å². The number of benzene rings is 1. The predicted octanol–water partition coefficient (Wildman–Crippen LogP) is 2.39. The van der Waals surface area contributed by atoms with Crippen LogP contribution in [0.4, 0.5) is 0 Å². The lowest BCUT2D eigenvalue weighted by molar-refractivity contribution is -0.126. The fraction of sp³-hybridized carbons (Fsp3) is 0.391. The van der Waals surface area contributed by atoms with Crippen molar-refractivity contribution in [1.29, 1.82) is 0 Å². The molecule has 2 aliphatic heterocycles. The van der Waals surface area contributed by atoms with Crippen LogP contribution >= 0.6 is 0 Å². The molecule has 0 saturated heterocycles. The monoisotopic (exact) mass is 404 g/mol. The van der Waals surface area contributed by atoms with Crippen molar-refractivity contribution in [3.05, 3.63) is 47.2 Å². The van der Waals surface area contributed by atoms with E-state index in [9.17, 15) is 14.7 Å². The van der Waals surface area contributed by atoms with Gasteiger partial charge in [0.2, 0.25) is 11.8 Å². The zero-order chi connectivity index (χ0) is 20.6. The minimum absolute atomic E-state index is 0.1000.